The smallest absolute Gasteiger partial charge is 0.307 e. The zero-order valence-corrected chi connectivity index (χ0v) is 14.7. The number of carboxylic acid groups (broad SMARTS) is 1. The minimum absolute atomic E-state index is 0.105. The number of carbonyl (C=O) groups is 1. The van der Waals surface area contributed by atoms with Gasteiger partial charge in [0.15, 0.2) is 5.82 Å². The van der Waals surface area contributed by atoms with E-state index in [2.05, 4.69) is 25.6 Å². The molecule has 0 fully saturated rings. The van der Waals surface area contributed by atoms with Crippen LogP contribution in [-0.2, 0) is 11.2 Å². The molecule has 142 valence electrons. The first kappa shape index (κ1) is 19.7. The number of nitrogens with zero attached hydrogens (tertiary/aromatic N) is 4. The number of carboxylic acids is 1. The minimum Gasteiger partial charge on any atom is -0.481 e. The second kappa shape index (κ2) is 9.20. The Balaban J connectivity index is 2.14. The van der Waals surface area contributed by atoms with Crippen molar-refractivity contribution in [3.05, 3.63) is 29.7 Å². The molecule has 10 heteroatoms. The number of ether oxygens (including phenoxy) is 1. The van der Waals surface area contributed by atoms with Crippen LogP contribution < -0.4 is 10.5 Å². The van der Waals surface area contributed by atoms with Crippen LogP contribution in [0.2, 0.25) is 0 Å². The summed E-state index contributed by atoms with van der Waals surface area (Å²) in [6.45, 7) is 3.69. The molecular weight excluding hydrogens is 340 g/mol. The van der Waals surface area contributed by atoms with Gasteiger partial charge in [-0.1, -0.05) is 25.1 Å². The molecule has 0 aliphatic rings. The predicted octanol–water partition coefficient (Wildman–Crippen LogP) is -0.0238. The fourth-order valence-electron chi connectivity index (χ4n) is 2.74. The van der Waals surface area contributed by atoms with E-state index in [0.717, 1.165) is 5.56 Å². The number of aliphatic hydroxyl groups is 1. The van der Waals surface area contributed by atoms with Crippen LogP contribution in [0, 0.1) is 11.8 Å². The average molecular weight is 364 g/mol. The Labute approximate surface area is 150 Å². The van der Waals surface area contributed by atoms with Crippen molar-refractivity contribution < 1.29 is 19.7 Å². The number of aromatic nitrogens is 5. The predicted molar refractivity (Wildman–Crippen MR) is 91.4 cm³/mol. The maximum Gasteiger partial charge on any atom is 0.307 e. The number of hydrogen-bond donors (Lipinski definition) is 4. The van der Waals surface area contributed by atoms with E-state index < -0.39 is 23.8 Å². The molecule has 2 aromatic heterocycles. The highest BCUT2D eigenvalue weighted by Gasteiger charge is 2.35. The fraction of sp³-hybridized carbons (Fsp3) is 0.562. The highest BCUT2D eigenvalue weighted by molar-refractivity contribution is 5.71. The van der Waals surface area contributed by atoms with Gasteiger partial charge in [-0.15, -0.1) is 10.2 Å². The highest BCUT2D eigenvalue weighted by atomic mass is 16.5. The van der Waals surface area contributed by atoms with Crippen LogP contribution in [0.25, 0.3) is 0 Å². The standard InChI is InChI=1S/C16H24N6O4/c1-9(2)14(16(24)25)12(15-19-21-22-20-15)5-10-3-4-13(18-6-10)26-8-11(17)7-23/h3-4,6,9,11-12,14,23H,5,7-8,17H2,1-2H3,(H,24,25)(H,19,20,21,22)/t11?,12-,14?/m0/s1. The summed E-state index contributed by atoms with van der Waals surface area (Å²) in [6.07, 6.45) is 2.02. The third-order valence-corrected chi connectivity index (χ3v) is 4.06. The van der Waals surface area contributed by atoms with E-state index in [1.54, 1.807) is 18.3 Å². The normalized spacial score (nSPS) is 14.8. The molecule has 0 radical (unpaired) electrons. The summed E-state index contributed by atoms with van der Waals surface area (Å²) in [4.78, 5) is 15.9. The Morgan fingerprint density at radius 2 is 2.15 bits per heavy atom. The third-order valence-electron chi connectivity index (χ3n) is 4.06. The van der Waals surface area contributed by atoms with Gasteiger partial charge in [0.1, 0.15) is 6.61 Å². The van der Waals surface area contributed by atoms with Crippen LogP contribution in [0.1, 0.15) is 31.2 Å². The van der Waals surface area contributed by atoms with Gasteiger partial charge in [-0.2, -0.15) is 5.21 Å². The summed E-state index contributed by atoms with van der Waals surface area (Å²) in [5, 5.41) is 32.4. The zero-order valence-electron chi connectivity index (χ0n) is 14.7. The van der Waals surface area contributed by atoms with E-state index in [9.17, 15) is 9.90 Å². The molecule has 2 aromatic rings. The van der Waals surface area contributed by atoms with Gasteiger partial charge >= 0.3 is 5.97 Å². The van der Waals surface area contributed by atoms with Gasteiger partial charge in [-0.25, -0.2) is 4.98 Å². The van der Waals surface area contributed by atoms with E-state index in [1.807, 2.05) is 13.8 Å². The number of nitrogens with two attached hydrogens (primary N) is 1. The molecular formula is C16H24N6O4. The van der Waals surface area contributed by atoms with Crippen molar-refractivity contribution in [1.29, 1.82) is 0 Å². The lowest BCUT2D eigenvalue weighted by Crippen LogP contribution is -2.31. The van der Waals surface area contributed by atoms with Crippen molar-refractivity contribution in [2.45, 2.75) is 32.2 Å². The fourth-order valence-corrected chi connectivity index (χ4v) is 2.74. The molecule has 2 unspecified atom stereocenters. The number of aliphatic hydroxyl groups excluding tert-OH is 1. The molecule has 0 saturated heterocycles. The lowest BCUT2D eigenvalue weighted by Gasteiger charge is -2.24. The summed E-state index contributed by atoms with van der Waals surface area (Å²) < 4.78 is 5.38. The van der Waals surface area contributed by atoms with Gasteiger partial charge in [0.2, 0.25) is 5.88 Å². The second-order valence-corrected chi connectivity index (χ2v) is 6.45. The number of pyridine rings is 1. The van der Waals surface area contributed by atoms with E-state index in [-0.39, 0.29) is 19.1 Å². The number of rotatable bonds is 10. The first-order valence-electron chi connectivity index (χ1n) is 8.32. The van der Waals surface area contributed by atoms with Crippen molar-refractivity contribution in [3.8, 4) is 5.88 Å². The Kier molecular flexibility index (Phi) is 6.98. The maximum absolute atomic E-state index is 11.7. The maximum atomic E-state index is 11.7. The molecule has 0 saturated carbocycles. The van der Waals surface area contributed by atoms with Crippen molar-refractivity contribution in [2.75, 3.05) is 13.2 Å². The van der Waals surface area contributed by atoms with E-state index in [0.29, 0.717) is 18.1 Å². The summed E-state index contributed by atoms with van der Waals surface area (Å²) in [5.41, 5.74) is 6.40. The molecule has 0 bridgehead atoms. The van der Waals surface area contributed by atoms with Crippen LogP contribution in [0.4, 0.5) is 0 Å². The Morgan fingerprint density at radius 3 is 2.65 bits per heavy atom. The molecule has 26 heavy (non-hydrogen) atoms. The Morgan fingerprint density at radius 1 is 1.38 bits per heavy atom. The number of aromatic amines is 1. The van der Waals surface area contributed by atoms with Gasteiger partial charge < -0.3 is 20.7 Å². The van der Waals surface area contributed by atoms with Crippen molar-refractivity contribution >= 4 is 5.97 Å². The van der Waals surface area contributed by atoms with E-state index in [1.165, 1.54) is 0 Å². The molecule has 5 N–H and O–H groups in total. The second-order valence-electron chi connectivity index (χ2n) is 6.45. The Hall–Kier alpha value is -2.59. The summed E-state index contributed by atoms with van der Waals surface area (Å²) in [6, 6.07) is 3.01. The van der Waals surface area contributed by atoms with Gasteiger partial charge in [0.05, 0.1) is 18.6 Å². The minimum atomic E-state index is -0.902. The first-order valence-corrected chi connectivity index (χ1v) is 8.32. The van der Waals surface area contributed by atoms with Crippen LogP contribution in [-0.4, -0.2) is 61.0 Å². The SMILES string of the molecule is CC(C)C(C(=O)O)[C@H](Cc1ccc(OCC(N)CO)nc1)c1nn[nH]n1. The van der Waals surface area contributed by atoms with Crippen LogP contribution in [0.5, 0.6) is 5.88 Å². The summed E-state index contributed by atoms with van der Waals surface area (Å²) >= 11 is 0. The molecule has 2 rings (SSSR count). The molecule has 3 atom stereocenters. The molecule has 0 aromatic carbocycles. The number of H-pyrrole nitrogens is 1. The third kappa shape index (κ3) is 5.20. The highest BCUT2D eigenvalue weighted by Crippen LogP contribution is 2.31. The summed E-state index contributed by atoms with van der Waals surface area (Å²) in [7, 11) is 0. The number of hydrogen-bond acceptors (Lipinski definition) is 8. The molecule has 0 aliphatic heterocycles. The molecule has 0 aliphatic carbocycles. The van der Waals surface area contributed by atoms with Gasteiger partial charge in [-0.3, -0.25) is 4.79 Å². The van der Waals surface area contributed by atoms with Crippen LogP contribution >= 0.6 is 0 Å². The molecule has 10 nitrogen and oxygen atoms in total. The number of nitrogens with one attached hydrogen (secondary N) is 1. The van der Waals surface area contributed by atoms with Crippen LogP contribution in [0.15, 0.2) is 18.3 Å². The molecule has 0 amide bonds. The number of tetrazole rings is 1. The van der Waals surface area contributed by atoms with Crippen molar-refractivity contribution in [2.24, 2.45) is 17.6 Å². The first-order chi connectivity index (χ1) is 12.4. The van der Waals surface area contributed by atoms with Crippen LogP contribution in [0.3, 0.4) is 0 Å². The molecule has 2 heterocycles. The average Bonchev–Trinajstić information content (AvgIpc) is 3.14. The topological polar surface area (TPSA) is 160 Å². The van der Waals surface area contributed by atoms with Gasteiger partial charge in [-0.05, 0) is 17.9 Å². The number of aliphatic carboxylic acids is 1. The zero-order chi connectivity index (χ0) is 19.1. The van der Waals surface area contributed by atoms with Gasteiger partial charge in [0.25, 0.3) is 0 Å². The van der Waals surface area contributed by atoms with E-state index >= 15 is 0 Å². The lowest BCUT2D eigenvalue weighted by atomic mass is 9.79. The monoisotopic (exact) mass is 364 g/mol. The quantitative estimate of drug-likeness (QED) is 0.454. The van der Waals surface area contributed by atoms with Crippen molar-refractivity contribution in [3.63, 3.8) is 0 Å². The largest absolute Gasteiger partial charge is 0.481 e. The van der Waals surface area contributed by atoms with Gasteiger partial charge in [0, 0.05) is 18.2 Å². The van der Waals surface area contributed by atoms with Crippen molar-refractivity contribution in [1.82, 2.24) is 25.6 Å². The summed E-state index contributed by atoms with van der Waals surface area (Å²) in [5.74, 6) is -1.37. The Bertz CT molecular complexity index is 677. The van der Waals surface area contributed by atoms with E-state index in [4.69, 9.17) is 15.6 Å². The lowest BCUT2D eigenvalue weighted by molar-refractivity contribution is -0.144. The molecule has 0 spiro atoms.